The Kier molecular flexibility index (Phi) is 6.87. The average molecular weight is 420 g/mol. The van der Waals surface area contributed by atoms with Crippen LogP contribution in [0.5, 0.6) is 0 Å². The monoisotopic (exact) mass is 419 g/mol. The molecule has 2 amide bonds. The van der Waals surface area contributed by atoms with Gasteiger partial charge in [-0.3, -0.25) is 14.5 Å². The van der Waals surface area contributed by atoms with Crippen molar-refractivity contribution in [3.8, 4) is 11.5 Å². The molecule has 0 saturated carbocycles. The molecule has 1 saturated heterocycles. The first-order chi connectivity index (χ1) is 13.8. The van der Waals surface area contributed by atoms with Gasteiger partial charge in [-0.2, -0.15) is 0 Å². The van der Waals surface area contributed by atoms with Gasteiger partial charge in [0.15, 0.2) is 0 Å². The van der Waals surface area contributed by atoms with E-state index in [1.807, 2.05) is 32.0 Å². The van der Waals surface area contributed by atoms with Crippen molar-refractivity contribution >= 4 is 23.4 Å². The predicted molar refractivity (Wildman–Crippen MR) is 109 cm³/mol. The van der Waals surface area contributed by atoms with Crippen LogP contribution < -0.4 is 0 Å². The summed E-state index contributed by atoms with van der Waals surface area (Å²) in [5, 5.41) is 8.69. The quantitative estimate of drug-likeness (QED) is 0.714. The number of carbonyl (C=O) groups is 2. The summed E-state index contributed by atoms with van der Waals surface area (Å²) in [6, 6.07) is 7.23. The Labute approximate surface area is 175 Å². The lowest BCUT2D eigenvalue weighted by Crippen LogP contribution is -2.51. The molecule has 0 atom stereocenters. The molecule has 1 fully saturated rings. The van der Waals surface area contributed by atoms with Crippen molar-refractivity contribution in [2.24, 2.45) is 0 Å². The van der Waals surface area contributed by atoms with E-state index >= 15 is 0 Å². The first kappa shape index (κ1) is 21.3. The number of aromatic nitrogens is 2. The summed E-state index contributed by atoms with van der Waals surface area (Å²) in [5.41, 5.74) is 0.665. The fourth-order valence-corrected chi connectivity index (χ4v) is 3.49. The Bertz CT molecular complexity index is 861. The van der Waals surface area contributed by atoms with E-state index in [2.05, 4.69) is 15.1 Å². The van der Waals surface area contributed by atoms with Crippen molar-refractivity contribution in [2.45, 2.75) is 33.4 Å². The third-order valence-corrected chi connectivity index (χ3v) is 5.33. The number of nitrogens with zero attached hydrogens (tertiary/aromatic N) is 5. The summed E-state index contributed by atoms with van der Waals surface area (Å²) >= 11 is 6.19. The van der Waals surface area contributed by atoms with Gasteiger partial charge < -0.3 is 14.2 Å². The van der Waals surface area contributed by atoms with E-state index in [1.165, 1.54) is 0 Å². The molecule has 1 aliphatic rings. The highest BCUT2D eigenvalue weighted by Crippen LogP contribution is 2.26. The maximum Gasteiger partial charge on any atom is 0.249 e. The summed E-state index contributed by atoms with van der Waals surface area (Å²) < 4.78 is 5.75. The van der Waals surface area contributed by atoms with Crippen LogP contribution in [0, 0.1) is 0 Å². The van der Waals surface area contributed by atoms with E-state index in [1.54, 1.807) is 22.8 Å². The molecular weight excluding hydrogens is 394 g/mol. The number of rotatable bonds is 6. The summed E-state index contributed by atoms with van der Waals surface area (Å²) in [7, 11) is 0. The van der Waals surface area contributed by atoms with Crippen molar-refractivity contribution in [1.82, 2.24) is 24.9 Å². The van der Waals surface area contributed by atoms with Crippen molar-refractivity contribution in [3.05, 3.63) is 35.2 Å². The SMILES string of the molecule is CC(=O)N1CCN(CC(=O)N(Cc2nnc(-c3ccccc3Cl)o2)C(C)C)CC1. The lowest BCUT2D eigenvalue weighted by atomic mass is 10.2. The van der Waals surface area contributed by atoms with Crippen LogP contribution in [0.15, 0.2) is 28.7 Å². The number of benzene rings is 1. The molecule has 1 aromatic carbocycles. The molecule has 3 rings (SSSR count). The molecule has 0 bridgehead atoms. The van der Waals surface area contributed by atoms with Crippen LogP contribution in [0.2, 0.25) is 5.02 Å². The second kappa shape index (κ2) is 9.37. The van der Waals surface area contributed by atoms with E-state index < -0.39 is 0 Å². The Morgan fingerprint density at radius 3 is 2.48 bits per heavy atom. The number of hydrogen-bond acceptors (Lipinski definition) is 6. The smallest absolute Gasteiger partial charge is 0.249 e. The van der Waals surface area contributed by atoms with Crippen LogP contribution >= 0.6 is 11.6 Å². The number of piperazine rings is 1. The predicted octanol–water partition coefficient (Wildman–Crippen LogP) is 2.29. The van der Waals surface area contributed by atoms with Crippen molar-refractivity contribution in [2.75, 3.05) is 32.7 Å². The maximum absolute atomic E-state index is 12.9. The van der Waals surface area contributed by atoms with Crippen LogP contribution in [0.3, 0.4) is 0 Å². The maximum atomic E-state index is 12.9. The number of amides is 2. The Balaban J connectivity index is 1.63. The summed E-state index contributed by atoms with van der Waals surface area (Å²) in [6.07, 6.45) is 0. The fraction of sp³-hybridized carbons (Fsp3) is 0.500. The van der Waals surface area contributed by atoms with E-state index in [-0.39, 0.29) is 24.4 Å². The average Bonchev–Trinajstić information content (AvgIpc) is 3.15. The van der Waals surface area contributed by atoms with Crippen LogP contribution in [0.25, 0.3) is 11.5 Å². The van der Waals surface area contributed by atoms with Crippen LogP contribution in [0.1, 0.15) is 26.7 Å². The first-order valence-electron chi connectivity index (χ1n) is 9.69. The molecule has 2 aromatic rings. The minimum absolute atomic E-state index is 0.00577. The molecule has 0 radical (unpaired) electrons. The Morgan fingerprint density at radius 1 is 1.17 bits per heavy atom. The lowest BCUT2D eigenvalue weighted by Gasteiger charge is -2.35. The molecule has 0 aliphatic carbocycles. The lowest BCUT2D eigenvalue weighted by molar-refractivity contribution is -0.136. The summed E-state index contributed by atoms with van der Waals surface area (Å²) in [5.74, 6) is 0.768. The topological polar surface area (TPSA) is 82.8 Å². The molecule has 0 spiro atoms. The molecule has 1 aliphatic heterocycles. The zero-order valence-corrected chi connectivity index (χ0v) is 17.7. The summed E-state index contributed by atoms with van der Waals surface area (Å²) in [6.45, 7) is 8.69. The Morgan fingerprint density at radius 2 is 1.86 bits per heavy atom. The van der Waals surface area contributed by atoms with E-state index in [0.717, 1.165) is 0 Å². The molecule has 29 heavy (non-hydrogen) atoms. The van der Waals surface area contributed by atoms with Gasteiger partial charge in [0.1, 0.15) is 0 Å². The number of hydrogen-bond donors (Lipinski definition) is 0. The molecule has 0 N–H and O–H groups in total. The van der Waals surface area contributed by atoms with Crippen LogP contribution in [0.4, 0.5) is 0 Å². The second-order valence-electron chi connectivity index (χ2n) is 7.38. The molecule has 156 valence electrons. The van der Waals surface area contributed by atoms with Crippen LogP contribution in [-0.2, 0) is 16.1 Å². The van der Waals surface area contributed by atoms with E-state index in [0.29, 0.717) is 55.1 Å². The van der Waals surface area contributed by atoms with E-state index in [9.17, 15) is 9.59 Å². The second-order valence-corrected chi connectivity index (χ2v) is 7.79. The number of halogens is 1. The fourth-order valence-electron chi connectivity index (χ4n) is 3.27. The van der Waals surface area contributed by atoms with Gasteiger partial charge in [-0.05, 0) is 26.0 Å². The first-order valence-corrected chi connectivity index (χ1v) is 10.1. The van der Waals surface area contributed by atoms with Crippen molar-refractivity contribution in [1.29, 1.82) is 0 Å². The zero-order chi connectivity index (χ0) is 21.0. The molecule has 2 heterocycles. The Hall–Kier alpha value is -2.45. The van der Waals surface area contributed by atoms with Gasteiger partial charge >= 0.3 is 0 Å². The van der Waals surface area contributed by atoms with Gasteiger partial charge in [0.05, 0.1) is 23.7 Å². The molecule has 9 heteroatoms. The van der Waals surface area contributed by atoms with E-state index in [4.69, 9.17) is 16.0 Å². The third kappa shape index (κ3) is 5.33. The standard InChI is InChI=1S/C20H26ClN5O3/c1-14(2)26(19(28)13-24-8-10-25(11-9-24)15(3)27)12-18-22-23-20(29-18)16-6-4-5-7-17(16)21/h4-7,14H,8-13H2,1-3H3. The summed E-state index contributed by atoms with van der Waals surface area (Å²) in [4.78, 5) is 29.9. The number of carbonyl (C=O) groups excluding carboxylic acids is 2. The molecule has 0 unspecified atom stereocenters. The molecular formula is C20H26ClN5O3. The van der Waals surface area contributed by atoms with Gasteiger partial charge in [0.2, 0.25) is 23.6 Å². The van der Waals surface area contributed by atoms with Gasteiger partial charge in [0, 0.05) is 39.1 Å². The van der Waals surface area contributed by atoms with Crippen LogP contribution in [-0.4, -0.2) is 75.5 Å². The third-order valence-electron chi connectivity index (χ3n) is 5.00. The van der Waals surface area contributed by atoms with Crippen molar-refractivity contribution in [3.63, 3.8) is 0 Å². The minimum Gasteiger partial charge on any atom is -0.419 e. The van der Waals surface area contributed by atoms with Gasteiger partial charge in [-0.15, -0.1) is 10.2 Å². The zero-order valence-electron chi connectivity index (χ0n) is 17.0. The van der Waals surface area contributed by atoms with Gasteiger partial charge in [-0.1, -0.05) is 23.7 Å². The minimum atomic E-state index is -0.0170. The highest BCUT2D eigenvalue weighted by atomic mass is 35.5. The highest BCUT2D eigenvalue weighted by molar-refractivity contribution is 6.33. The molecule has 8 nitrogen and oxygen atoms in total. The normalized spacial score (nSPS) is 15.0. The van der Waals surface area contributed by atoms with Gasteiger partial charge in [0.25, 0.3) is 0 Å². The molecule has 1 aromatic heterocycles. The highest BCUT2D eigenvalue weighted by Gasteiger charge is 2.25. The van der Waals surface area contributed by atoms with Gasteiger partial charge in [-0.25, -0.2) is 0 Å². The van der Waals surface area contributed by atoms with Crippen molar-refractivity contribution < 1.29 is 14.0 Å². The largest absolute Gasteiger partial charge is 0.419 e.